The van der Waals surface area contributed by atoms with Gasteiger partial charge >= 0.3 is 0 Å². The van der Waals surface area contributed by atoms with Gasteiger partial charge < -0.3 is 10.1 Å². The zero-order chi connectivity index (χ0) is 19.8. The number of carbonyl (C=O) groups excluding carboxylic acids is 1. The highest BCUT2D eigenvalue weighted by Gasteiger charge is 2.17. The Morgan fingerprint density at radius 2 is 1.50 bits per heavy atom. The summed E-state index contributed by atoms with van der Waals surface area (Å²) in [7, 11) is 0. The molecule has 0 atom stereocenters. The Labute approximate surface area is 167 Å². The van der Waals surface area contributed by atoms with Gasteiger partial charge in [0.2, 0.25) is 5.91 Å². The van der Waals surface area contributed by atoms with Gasteiger partial charge in [-0.1, -0.05) is 78.4 Å². The van der Waals surface area contributed by atoms with Crippen LogP contribution in [0.5, 0.6) is 5.75 Å². The van der Waals surface area contributed by atoms with E-state index in [-0.39, 0.29) is 11.8 Å². The van der Waals surface area contributed by atoms with E-state index in [2.05, 4.69) is 42.6 Å². The highest BCUT2D eigenvalue weighted by Crippen LogP contribution is 2.27. The van der Waals surface area contributed by atoms with Gasteiger partial charge in [-0.05, 0) is 36.6 Å². The predicted octanol–water partition coefficient (Wildman–Crippen LogP) is 5.02. The molecule has 0 fully saturated rings. The average Bonchev–Trinajstić information content (AvgIpc) is 2.72. The molecule has 0 unspecified atom stereocenters. The number of benzene rings is 3. The van der Waals surface area contributed by atoms with E-state index in [1.807, 2.05) is 55.5 Å². The lowest BCUT2D eigenvalue weighted by Gasteiger charge is -2.18. The fraction of sp³-hybridized carbons (Fsp3) is 0.240. The Hall–Kier alpha value is -3.07. The highest BCUT2D eigenvalue weighted by atomic mass is 16.5. The molecule has 3 aromatic carbocycles. The third-order valence-corrected chi connectivity index (χ3v) is 4.81. The van der Waals surface area contributed by atoms with E-state index in [1.165, 1.54) is 5.56 Å². The van der Waals surface area contributed by atoms with Crippen molar-refractivity contribution in [3.8, 4) is 5.75 Å². The summed E-state index contributed by atoms with van der Waals surface area (Å²) in [5.41, 5.74) is 4.62. The molecule has 0 saturated heterocycles. The molecule has 0 aliphatic carbocycles. The molecule has 3 aromatic rings. The molecule has 0 heterocycles. The van der Waals surface area contributed by atoms with Gasteiger partial charge in [0.05, 0.1) is 6.54 Å². The molecule has 3 heteroatoms. The van der Waals surface area contributed by atoms with Crippen LogP contribution in [0.25, 0.3) is 0 Å². The molecule has 1 amide bonds. The number of rotatable bonds is 8. The first-order valence-corrected chi connectivity index (χ1v) is 9.70. The third kappa shape index (κ3) is 5.46. The molecule has 1 N–H and O–H groups in total. The Morgan fingerprint density at radius 1 is 0.893 bits per heavy atom. The quantitative estimate of drug-likeness (QED) is 0.563. The number of nitrogens with one attached hydrogen (secondary N) is 1. The SMILES string of the molecule is Cc1ccc(OCCNC(=O)CC(c2ccccc2)c2ccccc2)c(C)c1. The molecule has 0 radical (unpaired) electrons. The van der Waals surface area contributed by atoms with E-state index in [0.29, 0.717) is 19.6 Å². The van der Waals surface area contributed by atoms with Crippen molar-refractivity contribution in [1.29, 1.82) is 0 Å². The lowest BCUT2D eigenvalue weighted by atomic mass is 9.88. The van der Waals surface area contributed by atoms with Gasteiger partial charge in [0, 0.05) is 12.3 Å². The molecule has 0 bridgehead atoms. The minimum Gasteiger partial charge on any atom is -0.491 e. The topological polar surface area (TPSA) is 38.3 Å². The van der Waals surface area contributed by atoms with Gasteiger partial charge in [0.1, 0.15) is 12.4 Å². The van der Waals surface area contributed by atoms with Crippen molar-refractivity contribution in [3.63, 3.8) is 0 Å². The van der Waals surface area contributed by atoms with Gasteiger partial charge in [-0.3, -0.25) is 4.79 Å². The summed E-state index contributed by atoms with van der Waals surface area (Å²) < 4.78 is 5.80. The monoisotopic (exact) mass is 373 g/mol. The second-order valence-electron chi connectivity index (χ2n) is 7.05. The molecule has 0 aliphatic heterocycles. The number of amides is 1. The van der Waals surface area contributed by atoms with Crippen LogP contribution < -0.4 is 10.1 Å². The van der Waals surface area contributed by atoms with Crippen LogP contribution in [0.3, 0.4) is 0 Å². The average molecular weight is 373 g/mol. The van der Waals surface area contributed by atoms with Crippen LogP contribution in [0.15, 0.2) is 78.9 Å². The number of hydrogen-bond donors (Lipinski definition) is 1. The van der Waals surface area contributed by atoms with E-state index < -0.39 is 0 Å². The molecule has 0 spiro atoms. The third-order valence-electron chi connectivity index (χ3n) is 4.81. The second kappa shape index (κ2) is 9.75. The van der Waals surface area contributed by atoms with Crippen molar-refractivity contribution in [1.82, 2.24) is 5.32 Å². The second-order valence-corrected chi connectivity index (χ2v) is 7.05. The van der Waals surface area contributed by atoms with Gasteiger partial charge in [0.15, 0.2) is 0 Å². The maximum atomic E-state index is 12.6. The number of aryl methyl sites for hydroxylation is 2. The minimum absolute atomic E-state index is 0.0296. The standard InChI is InChI=1S/C25H27NO2/c1-19-13-14-24(20(2)17-19)28-16-15-26-25(27)18-23(21-9-5-3-6-10-21)22-11-7-4-8-12-22/h3-14,17,23H,15-16,18H2,1-2H3,(H,26,27). The van der Waals surface area contributed by atoms with E-state index in [4.69, 9.17) is 4.74 Å². The minimum atomic E-state index is 0.0296. The van der Waals surface area contributed by atoms with Crippen LogP contribution >= 0.6 is 0 Å². The van der Waals surface area contributed by atoms with Crippen molar-refractivity contribution in [2.45, 2.75) is 26.2 Å². The summed E-state index contributed by atoms with van der Waals surface area (Å²) >= 11 is 0. The van der Waals surface area contributed by atoms with Crippen LogP contribution in [-0.2, 0) is 4.79 Å². The number of ether oxygens (including phenoxy) is 1. The molecule has 0 saturated carbocycles. The zero-order valence-corrected chi connectivity index (χ0v) is 16.5. The maximum absolute atomic E-state index is 12.6. The van der Waals surface area contributed by atoms with Crippen molar-refractivity contribution >= 4 is 5.91 Å². The molecule has 0 aromatic heterocycles. The van der Waals surface area contributed by atoms with Crippen molar-refractivity contribution in [2.75, 3.05) is 13.2 Å². The van der Waals surface area contributed by atoms with Crippen LogP contribution in [-0.4, -0.2) is 19.1 Å². The van der Waals surface area contributed by atoms with Crippen LogP contribution in [0.2, 0.25) is 0 Å². The maximum Gasteiger partial charge on any atom is 0.221 e. The molecule has 3 rings (SSSR count). The van der Waals surface area contributed by atoms with Gasteiger partial charge in [-0.25, -0.2) is 0 Å². The molecule has 28 heavy (non-hydrogen) atoms. The predicted molar refractivity (Wildman–Crippen MR) is 114 cm³/mol. The summed E-state index contributed by atoms with van der Waals surface area (Å²) in [6.07, 6.45) is 0.414. The Morgan fingerprint density at radius 3 is 2.07 bits per heavy atom. The smallest absolute Gasteiger partial charge is 0.221 e. The zero-order valence-electron chi connectivity index (χ0n) is 16.5. The van der Waals surface area contributed by atoms with Gasteiger partial charge in [-0.2, -0.15) is 0 Å². The van der Waals surface area contributed by atoms with Crippen LogP contribution in [0, 0.1) is 13.8 Å². The van der Waals surface area contributed by atoms with Crippen LogP contribution in [0.4, 0.5) is 0 Å². The number of hydrogen-bond acceptors (Lipinski definition) is 2. The summed E-state index contributed by atoms with van der Waals surface area (Å²) in [6.45, 7) is 5.04. The highest BCUT2D eigenvalue weighted by molar-refractivity contribution is 5.77. The van der Waals surface area contributed by atoms with E-state index >= 15 is 0 Å². The van der Waals surface area contributed by atoms with E-state index in [9.17, 15) is 4.79 Å². The molecule has 0 aliphatic rings. The first kappa shape index (κ1) is 19.7. The number of carbonyl (C=O) groups is 1. The molecule has 3 nitrogen and oxygen atoms in total. The summed E-state index contributed by atoms with van der Waals surface area (Å²) in [5.74, 6) is 0.941. The van der Waals surface area contributed by atoms with Crippen LogP contribution in [0.1, 0.15) is 34.6 Å². The normalized spacial score (nSPS) is 10.7. The lowest BCUT2D eigenvalue weighted by Crippen LogP contribution is -2.29. The van der Waals surface area contributed by atoms with Crippen molar-refractivity contribution in [3.05, 3.63) is 101 Å². The Balaban J connectivity index is 1.55. The molecular formula is C25H27NO2. The Kier molecular flexibility index (Phi) is 6.85. The summed E-state index contributed by atoms with van der Waals surface area (Å²) in [4.78, 5) is 12.6. The first-order valence-electron chi connectivity index (χ1n) is 9.70. The first-order chi connectivity index (χ1) is 13.6. The summed E-state index contributed by atoms with van der Waals surface area (Å²) in [5, 5.41) is 2.99. The summed E-state index contributed by atoms with van der Waals surface area (Å²) in [6, 6.07) is 26.5. The van der Waals surface area contributed by atoms with E-state index in [1.54, 1.807) is 0 Å². The van der Waals surface area contributed by atoms with Gasteiger partial charge in [-0.15, -0.1) is 0 Å². The van der Waals surface area contributed by atoms with Gasteiger partial charge in [0.25, 0.3) is 0 Å². The largest absolute Gasteiger partial charge is 0.491 e. The Bertz CT molecular complexity index is 851. The van der Waals surface area contributed by atoms with Crippen molar-refractivity contribution in [2.24, 2.45) is 0 Å². The van der Waals surface area contributed by atoms with Crippen molar-refractivity contribution < 1.29 is 9.53 Å². The molecular weight excluding hydrogens is 346 g/mol. The fourth-order valence-corrected chi connectivity index (χ4v) is 3.37. The lowest BCUT2D eigenvalue weighted by molar-refractivity contribution is -0.121. The van der Waals surface area contributed by atoms with E-state index in [0.717, 1.165) is 22.4 Å². The molecule has 144 valence electrons. The fourth-order valence-electron chi connectivity index (χ4n) is 3.37.